The van der Waals surface area contributed by atoms with E-state index < -0.39 is 0 Å². The second kappa shape index (κ2) is 7.25. The third-order valence-corrected chi connectivity index (χ3v) is 4.82. The second-order valence-electron chi connectivity index (χ2n) is 6.60. The fourth-order valence-corrected chi connectivity index (χ4v) is 3.47. The van der Waals surface area contributed by atoms with Gasteiger partial charge in [0.05, 0.1) is 12.2 Å². The highest BCUT2D eigenvalue weighted by molar-refractivity contribution is 5.33. The van der Waals surface area contributed by atoms with E-state index in [2.05, 4.69) is 10.4 Å². The minimum atomic E-state index is -0.324. The number of piperidine rings is 1. The molecule has 5 nitrogen and oxygen atoms in total. The van der Waals surface area contributed by atoms with E-state index in [-0.39, 0.29) is 24.0 Å². The number of hydrogen-bond donors (Lipinski definition) is 1. The first-order valence-electron chi connectivity index (χ1n) is 8.93. The highest BCUT2D eigenvalue weighted by Crippen LogP contribution is 2.23. The molecule has 0 unspecified atom stereocenters. The van der Waals surface area contributed by atoms with Crippen molar-refractivity contribution < 1.29 is 4.39 Å². The van der Waals surface area contributed by atoms with Gasteiger partial charge in [-0.15, -0.1) is 0 Å². The Kier molecular flexibility index (Phi) is 4.67. The zero-order valence-electron chi connectivity index (χ0n) is 14.4. The smallest absolute Gasteiger partial charge is 0.316 e. The number of halogens is 1. The van der Waals surface area contributed by atoms with Crippen LogP contribution < -0.4 is 11.0 Å². The number of nitrogens with one attached hydrogen (secondary N) is 1. The van der Waals surface area contributed by atoms with Crippen molar-refractivity contribution in [2.45, 2.75) is 25.3 Å². The molecule has 1 aliphatic heterocycles. The maximum absolute atomic E-state index is 14.0. The Morgan fingerprint density at radius 3 is 2.62 bits per heavy atom. The number of benzene rings is 2. The maximum Gasteiger partial charge on any atom is 0.350 e. The molecule has 3 aromatic rings. The molecule has 26 heavy (non-hydrogen) atoms. The Morgan fingerprint density at radius 1 is 1.12 bits per heavy atom. The Balaban J connectivity index is 1.80. The fourth-order valence-electron chi connectivity index (χ4n) is 3.47. The van der Waals surface area contributed by atoms with E-state index in [0.717, 1.165) is 37.4 Å². The van der Waals surface area contributed by atoms with Crippen LogP contribution in [0.2, 0.25) is 0 Å². The molecule has 1 fully saturated rings. The van der Waals surface area contributed by atoms with Crippen LogP contribution in [0.3, 0.4) is 0 Å². The molecule has 0 bridgehead atoms. The average Bonchev–Trinajstić information content (AvgIpc) is 3.01. The van der Waals surface area contributed by atoms with Crippen LogP contribution in [0.1, 0.15) is 30.1 Å². The summed E-state index contributed by atoms with van der Waals surface area (Å²) in [6, 6.07) is 16.0. The van der Waals surface area contributed by atoms with Crippen LogP contribution in [-0.4, -0.2) is 27.4 Å². The number of aromatic nitrogens is 3. The number of rotatable bonds is 4. The van der Waals surface area contributed by atoms with Crippen molar-refractivity contribution in [1.82, 2.24) is 19.7 Å². The standard InChI is InChI=1S/C20H21FN4O/c21-18-11-5-4-7-16(18)14-24-20(26)25(17-9-2-1-3-10-17)19(23-24)15-8-6-12-22-13-15/h1-5,7,9-11,15,22H,6,8,12-14H2/t15-/m1/s1. The van der Waals surface area contributed by atoms with E-state index in [9.17, 15) is 9.18 Å². The lowest BCUT2D eigenvalue weighted by Gasteiger charge is -2.22. The second-order valence-corrected chi connectivity index (χ2v) is 6.60. The van der Waals surface area contributed by atoms with Crippen molar-refractivity contribution in [3.8, 4) is 5.69 Å². The molecule has 134 valence electrons. The molecule has 0 aliphatic carbocycles. The van der Waals surface area contributed by atoms with Gasteiger partial charge in [0.25, 0.3) is 0 Å². The first kappa shape index (κ1) is 16.7. The Morgan fingerprint density at radius 2 is 1.88 bits per heavy atom. The van der Waals surface area contributed by atoms with Crippen LogP contribution in [0.4, 0.5) is 4.39 Å². The Hall–Kier alpha value is -2.73. The van der Waals surface area contributed by atoms with Crippen molar-refractivity contribution in [2.75, 3.05) is 13.1 Å². The monoisotopic (exact) mass is 352 g/mol. The summed E-state index contributed by atoms with van der Waals surface area (Å²) in [4.78, 5) is 13.1. The van der Waals surface area contributed by atoms with Gasteiger partial charge in [-0.2, -0.15) is 5.10 Å². The SMILES string of the molecule is O=c1n(Cc2ccccc2F)nc([C@@H]2CCCNC2)n1-c1ccccc1. The van der Waals surface area contributed by atoms with Gasteiger partial charge in [0.1, 0.15) is 11.6 Å². The van der Waals surface area contributed by atoms with Gasteiger partial charge in [-0.1, -0.05) is 36.4 Å². The molecule has 1 saturated heterocycles. The molecule has 0 saturated carbocycles. The van der Waals surface area contributed by atoms with E-state index in [1.807, 2.05) is 30.3 Å². The summed E-state index contributed by atoms with van der Waals surface area (Å²) in [5.74, 6) is 0.581. The van der Waals surface area contributed by atoms with Crippen LogP contribution in [0.15, 0.2) is 59.4 Å². The quantitative estimate of drug-likeness (QED) is 0.785. The summed E-state index contributed by atoms with van der Waals surface area (Å²) in [6.45, 7) is 1.91. The van der Waals surface area contributed by atoms with Gasteiger partial charge >= 0.3 is 5.69 Å². The lowest BCUT2D eigenvalue weighted by Crippen LogP contribution is -2.31. The lowest BCUT2D eigenvalue weighted by atomic mass is 9.99. The average molecular weight is 352 g/mol. The van der Waals surface area contributed by atoms with Gasteiger partial charge < -0.3 is 5.32 Å². The normalized spacial score (nSPS) is 17.3. The highest BCUT2D eigenvalue weighted by atomic mass is 19.1. The van der Waals surface area contributed by atoms with Gasteiger partial charge in [0.2, 0.25) is 0 Å². The third-order valence-electron chi connectivity index (χ3n) is 4.82. The molecule has 1 aliphatic rings. The summed E-state index contributed by atoms with van der Waals surface area (Å²) < 4.78 is 17.1. The molecule has 0 radical (unpaired) electrons. The minimum absolute atomic E-state index is 0.124. The summed E-state index contributed by atoms with van der Waals surface area (Å²) in [5, 5.41) is 7.98. The number of nitrogens with zero attached hydrogens (tertiary/aromatic N) is 3. The Bertz CT molecular complexity index is 942. The van der Waals surface area contributed by atoms with Crippen LogP contribution in [-0.2, 0) is 6.54 Å². The predicted molar refractivity (Wildman–Crippen MR) is 98.2 cm³/mol. The molecule has 1 aromatic heterocycles. The minimum Gasteiger partial charge on any atom is -0.316 e. The predicted octanol–water partition coefficient (Wildman–Crippen LogP) is 2.69. The van der Waals surface area contributed by atoms with Gasteiger partial charge in [-0.3, -0.25) is 0 Å². The molecule has 6 heteroatoms. The molecule has 2 aromatic carbocycles. The summed E-state index contributed by atoms with van der Waals surface area (Å²) in [6.07, 6.45) is 2.03. The van der Waals surface area contributed by atoms with Gasteiger partial charge in [-0.05, 0) is 37.6 Å². The van der Waals surface area contributed by atoms with E-state index in [0.29, 0.717) is 5.56 Å². The Labute approximate surface area is 151 Å². The van der Waals surface area contributed by atoms with Crippen LogP contribution in [0.5, 0.6) is 0 Å². The molecule has 0 spiro atoms. The van der Waals surface area contributed by atoms with Crippen molar-refractivity contribution in [3.63, 3.8) is 0 Å². The fraction of sp³-hybridized carbons (Fsp3) is 0.300. The molecular weight excluding hydrogens is 331 g/mol. The van der Waals surface area contributed by atoms with E-state index in [1.54, 1.807) is 22.8 Å². The first-order valence-corrected chi connectivity index (χ1v) is 8.93. The van der Waals surface area contributed by atoms with Crippen LogP contribution >= 0.6 is 0 Å². The van der Waals surface area contributed by atoms with Crippen molar-refractivity contribution in [2.24, 2.45) is 0 Å². The zero-order valence-corrected chi connectivity index (χ0v) is 14.4. The van der Waals surface area contributed by atoms with Crippen molar-refractivity contribution in [1.29, 1.82) is 0 Å². The zero-order chi connectivity index (χ0) is 17.9. The number of hydrogen-bond acceptors (Lipinski definition) is 3. The summed E-state index contributed by atoms with van der Waals surface area (Å²) in [7, 11) is 0. The van der Waals surface area contributed by atoms with Crippen molar-refractivity contribution in [3.05, 3.63) is 82.3 Å². The molecule has 2 heterocycles. The van der Waals surface area contributed by atoms with Crippen LogP contribution in [0, 0.1) is 5.82 Å². The van der Waals surface area contributed by atoms with Crippen LogP contribution in [0.25, 0.3) is 5.69 Å². The summed E-state index contributed by atoms with van der Waals surface area (Å²) in [5.41, 5.74) is 1.01. The van der Waals surface area contributed by atoms with E-state index in [4.69, 9.17) is 0 Å². The summed E-state index contributed by atoms with van der Waals surface area (Å²) >= 11 is 0. The molecule has 1 N–H and O–H groups in total. The van der Waals surface area contributed by atoms with E-state index in [1.165, 1.54) is 10.7 Å². The number of para-hydroxylation sites is 1. The first-order chi connectivity index (χ1) is 12.7. The lowest BCUT2D eigenvalue weighted by molar-refractivity contribution is 0.439. The van der Waals surface area contributed by atoms with Gasteiger partial charge in [-0.25, -0.2) is 18.4 Å². The van der Waals surface area contributed by atoms with Crippen molar-refractivity contribution >= 4 is 0 Å². The highest BCUT2D eigenvalue weighted by Gasteiger charge is 2.25. The van der Waals surface area contributed by atoms with E-state index >= 15 is 0 Å². The third kappa shape index (κ3) is 3.20. The van der Waals surface area contributed by atoms with Gasteiger partial charge in [0.15, 0.2) is 0 Å². The maximum atomic E-state index is 14.0. The topological polar surface area (TPSA) is 51.9 Å². The molecular formula is C20H21FN4O. The van der Waals surface area contributed by atoms with Gasteiger partial charge in [0, 0.05) is 18.0 Å². The molecule has 0 amide bonds. The molecule has 1 atom stereocenters. The largest absolute Gasteiger partial charge is 0.350 e. The molecule has 4 rings (SSSR count).